The molecule has 7 heteroatoms. The van der Waals surface area contributed by atoms with Crippen LogP contribution in [0.3, 0.4) is 0 Å². The van der Waals surface area contributed by atoms with Crippen LogP contribution >= 0.6 is 11.5 Å². The summed E-state index contributed by atoms with van der Waals surface area (Å²) in [6.07, 6.45) is 0. The number of rotatable bonds is 2. The minimum Gasteiger partial charge on any atom is -0.480 e. The summed E-state index contributed by atoms with van der Waals surface area (Å²) in [5.74, 6) is -3.38. The summed E-state index contributed by atoms with van der Waals surface area (Å²) in [4.78, 5) is 21.8. The van der Waals surface area contributed by atoms with Gasteiger partial charge in [0.25, 0.3) is 4.74 Å². The molecule has 0 saturated heterocycles. The van der Waals surface area contributed by atoms with E-state index in [9.17, 15) is 18.4 Å². The predicted octanol–water partition coefficient (Wildman–Crippen LogP) is 1.43. The molecule has 2 rings (SSSR count). The topological polar surface area (TPSA) is 59.3 Å². The molecule has 0 amide bonds. The molecule has 2 aromatic rings. The molecular weight excluding hydrogens is 240 g/mol. The number of carbonyl (C=O) groups is 1. The van der Waals surface area contributed by atoms with E-state index in [0.717, 1.165) is 16.1 Å². The molecule has 0 aliphatic heterocycles. The number of aliphatic carboxylic acids is 1. The minimum atomic E-state index is -1.15. The normalized spacial score (nSPS) is 10.9. The van der Waals surface area contributed by atoms with Crippen molar-refractivity contribution in [2.24, 2.45) is 0 Å². The summed E-state index contributed by atoms with van der Waals surface area (Å²) in [5.41, 5.74) is 0.0938. The lowest BCUT2D eigenvalue weighted by molar-refractivity contribution is -0.137. The molecule has 1 aromatic carbocycles. The van der Waals surface area contributed by atoms with Crippen molar-refractivity contribution in [3.05, 3.63) is 33.3 Å². The number of aromatic nitrogens is 1. The average molecular weight is 245 g/mol. The van der Waals surface area contributed by atoms with Crippen molar-refractivity contribution in [3.63, 3.8) is 0 Å². The zero-order chi connectivity index (χ0) is 11.9. The van der Waals surface area contributed by atoms with E-state index in [0.29, 0.717) is 11.5 Å². The second-order valence-corrected chi connectivity index (χ2v) is 4.09. The molecule has 16 heavy (non-hydrogen) atoms. The Kier molecular flexibility index (Phi) is 2.47. The Bertz CT molecular complexity index is 631. The van der Waals surface area contributed by atoms with E-state index < -0.39 is 28.9 Å². The minimum absolute atomic E-state index is 0.00912. The summed E-state index contributed by atoms with van der Waals surface area (Å²) in [7, 11) is 0. The largest absolute Gasteiger partial charge is 0.480 e. The predicted molar refractivity (Wildman–Crippen MR) is 53.6 cm³/mol. The highest BCUT2D eigenvalue weighted by Crippen LogP contribution is 2.18. The summed E-state index contributed by atoms with van der Waals surface area (Å²) in [6, 6.07) is 1.60. The zero-order valence-electron chi connectivity index (χ0n) is 7.74. The van der Waals surface area contributed by atoms with Crippen molar-refractivity contribution in [1.29, 1.82) is 0 Å². The van der Waals surface area contributed by atoms with Gasteiger partial charge in [-0.25, -0.2) is 8.78 Å². The third kappa shape index (κ3) is 1.69. The molecular formula is C9H5F2NO3S. The van der Waals surface area contributed by atoms with E-state index in [-0.39, 0.29) is 10.9 Å². The Balaban J connectivity index is 2.73. The molecule has 4 nitrogen and oxygen atoms in total. The van der Waals surface area contributed by atoms with Crippen LogP contribution in [0.5, 0.6) is 0 Å². The van der Waals surface area contributed by atoms with E-state index in [1.165, 1.54) is 0 Å². The molecule has 0 fully saturated rings. The van der Waals surface area contributed by atoms with Crippen LogP contribution in [0.2, 0.25) is 0 Å². The van der Waals surface area contributed by atoms with Gasteiger partial charge in [0.05, 0.1) is 10.9 Å². The molecule has 1 heterocycles. The second kappa shape index (κ2) is 3.67. The lowest BCUT2D eigenvalue weighted by Crippen LogP contribution is -2.06. The van der Waals surface area contributed by atoms with E-state index >= 15 is 0 Å². The molecule has 1 aromatic heterocycles. The molecule has 0 aliphatic rings. The van der Waals surface area contributed by atoms with Crippen molar-refractivity contribution in [1.82, 2.24) is 3.96 Å². The Morgan fingerprint density at radius 3 is 2.62 bits per heavy atom. The molecule has 1 N–H and O–H groups in total. The number of carboxylic acids is 1. The van der Waals surface area contributed by atoms with Gasteiger partial charge in [-0.2, -0.15) is 0 Å². The smallest absolute Gasteiger partial charge is 0.324 e. The number of fused-ring (bicyclic) bond motifs is 1. The SMILES string of the molecule is O=C(O)Cn1sc(=O)c2cc(F)c(F)cc21. The van der Waals surface area contributed by atoms with Gasteiger partial charge in [0.15, 0.2) is 11.6 Å². The maximum Gasteiger partial charge on any atom is 0.324 e. The maximum absolute atomic E-state index is 12.9. The Morgan fingerprint density at radius 1 is 1.38 bits per heavy atom. The van der Waals surface area contributed by atoms with Crippen LogP contribution in [0, 0.1) is 11.6 Å². The number of halogens is 2. The number of benzene rings is 1. The van der Waals surface area contributed by atoms with Crippen LogP contribution in [0.1, 0.15) is 0 Å². The van der Waals surface area contributed by atoms with Gasteiger partial charge < -0.3 is 5.11 Å². The molecule has 0 atom stereocenters. The molecule has 0 spiro atoms. The van der Waals surface area contributed by atoms with Gasteiger partial charge in [-0.15, -0.1) is 0 Å². The van der Waals surface area contributed by atoms with Crippen molar-refractivity contribution in [3.8, 4) is 0 Å². The Morgan fingerprint density at radius 2 is 2.00 bits per heavy atom. The van der Waals surface area contributed by atoms with Crippen LogP contribution < -0.4 is 4.74 Å². The first kappa shape index (κ1) is 10.7. The van der Waals surface area contributed by atoms with E-state index in [4.69, 9.17) is 5.11 Å². The van der Waals surface area contributed by atoms with Gasteiger partial charge in [-0.1, -0.05) is 0 Å². The first-order valence-electron chi connectivity index (χ1n) is 4.19. The highest BCUT2D eigenvalue weighted by molar-refractivity contribution is 7.05. The van der Waals surface area contributed by atoms with Crippen LogP contribution in [-0.2, 0) is 11.3 Å². The second-order valence-electron chi connectivity index (χ2n) is 3.09. The van der Waals surface area contributed by atoms with Gasteiger partial charge >= 0.3 is 5.97 Å². The monoisotopic (exact) mass is 245 g/mol. The summed E-state index contributed by atoms with van der Waals surface area (Å²) >= 11 is 0.620. The van der Waals surface area contributed by atoms with Crippen LogP contribution in [0.25, 0.3) is 10.9 Å². The summed E-state index contributed by atoms with van der Waals surface area (Å²) in [6.45, 7) is -0.450. The van der Waals surface area contributed by atoms with Crippen molar-refractivity contribution in [2.75, 3.05) is 0 Å². The zero-order valence-corrected chi connectivity index (χ0v) is 8.55. The van der Waals surface area contributed by atoms with Crippen LogP contribution in [0.4, 0.5) is 8.78 Å². The fraction of sp³-hybridized carbons (Fsp3) is 0.111. The molecule has 0 aliphatic carbocycles. The van der Waals surface area contributed by atoms with E-state index in [1.807, 2.05) is 0 Å². The Labute approximate surface area is 91.5 Å². The first-order valence-corrected chi connectivity index (χ1v) is 4.97. The molecule has 0 unspecified atom stereocenters. The fourth-order valence-corrected chi connectivity index (χ4v) is 2.23. The van der Waals surface area contributed by atoms with Gasteiger partial charge in [0.1, 0.15) is 6.54 Å². The van der Waals surface area contributed by atoms with Crippen molar-refractivity contribution >= 4 is 28.4 Å². The van der Waals surface area contributed by atoms with Gasteiger partial charge in [-0.05, 0) is 17.6 Å². The lowest BCUT2D eigenvalue weighted by atomic mass is 10.2. The quantitative estimate of drug-likeness (QED) is 0.870. The van der Waals surface area contributed by atoms with Crippen LogP contribution in [-0.4, -0.2) is 15.0 Å². The highest BCUT2D eigenvalue weighted by atomic mass is 32.1. The molecule has 84 valence electrons. The van der Waals surface area contributed by atoms with Crippen molar-refractivity contribution in [2.45, 2.75) is 6.54 Å². The number of carboxylic acid groups (broad SMARTS) is 1. The number of hydrogen-bond acceptors (Lipinski definition) is 3. The van der Waals surface area contributed by atoms with E-state index in [1.54, 1.807) is 0 Å². The van der Waals surface area contributed by atoms with Gasteiger partial charge in [0.2, 0.25) is 0 Å². The molecule has 0 bridgehead atoms. The van der Waals surface area contributed by atoms with Gasteiger partial charge in [0, 0.05) is 6.07 Å². The fourth-order valence-electron chi connectivity index (χ4n) is 1.34. The molecule has 0 saturated carbocycles. The van der Waals surface area contributed by atoms with Crippen molar-refractivity contribution < 1.29 is 18.7 Å². The summed E-state index contributed by atoms with van der Waals surface area (Å²) < 4.78 is 26.4. The highest BCUT2D eigenvalue weighted by Gasteiger charge is 2.13. The van der Waals surface area contributed by atoms with Crippen LogP contribution in [0.15, 0.2) is 16.9 Å². The van der Waals surface area contributed by atoms with Gasteiger partial charge in [-0.3, -0.25) is 13.5 Å². The number of nitrogens with zero attached hydrogens (tertiary/aromatic N) is 1. The Hall–Kier alpha value is -1.76. The standard InChI is InChI=1S/C9H5F2NO3S/c10-5-1-4-7(2-6(5)11)12(3-8(13)14)16-9(4)15/h1-2H,3H2,(H,13,14). The first-order chi connectivity index (χ1) is 7.49. The summed E-state index contributed by atoms with van der Waals surface area (Å²) in [5, 5.41) is 8.57. The molecule has 0 radical (unpaired) electrons. The lowest BCUT2D eigenvalue weighted by Gasteiger charge is -1.99. The average Bonchev–Trinajstić information content (AvgIpc) is 2.44. The third-order valence-corrected chi connectivity index (χ3v) is 2.93. The number of hydrogen-bond donors (Lipinski definition) is 1. The van der Waals surface area contributed by atoms with E-state index in [2.05, 4.69) is 0 Å². The maximum atomic E-state index is 12.9. The third-order valence-electron chi connectivity index (χ3n) is 2.00.